The minimum Gasteiger partial charge on any atom is -0.372 e. The molecule has 2 aliphatic rings. The Hall–Kier alpha value is -2.04. The average Bonchev–Trinajstić information content (AvgIpc) is 2.98. The van der Waals surface area contributed by atoms with Gasteiger partial charge in [0.05, 0.1) is 0 Å². The number of rotatable bonds is 6. The molecule has 5 nitrogen and oxygen atoms in total. The third-order valence-corrected chi connectivity index (χ3v) is 6.05. The molecular formula is C23H35N3O2. The number of piperidine rings is 1. The summed E-state index contributed by atoms with van der Waals surface area (Å²) in [5.41, 5.74) is 2.09. The zero-order valence-corrected chi connectivity index (χ0v) is 17.3. The molecule has 1 aliphatic heterocycles. The van der Waals surface area contributed by atoms with Gasteiger partial charge in [-0.1, -0.05) is 25.7 Å². The Morgan fingerprint density at radius 1 is 0.964 bits per heavy atom. The predicted molar refractivity (Wildman–Crippen MR) is 115 cm³/mol. The molecule has 5 heteroatoms. The van der Waals surface area contributed by atoms with Crippen LogP contribution in [0.25, 0.3) is 0 Å². The Morgan fingerprint density at radius 2 is 1.57 bits per heavy atom. The monoisotopic (exact) mass is 385 g/mol. The summed E-state index contributed by atoms with van der Waals surface area (Å²) < 4.78 is 0. The fourth-order valence-corrected chi connectivity index (χ4v) is 4.40. The fourth-order valence-electron chi connectivity index (χ4n) is 4.40. The van der Waals surface area contributed by atoms with E-state index in [-0.39, 0.29) is 11.8 Å². The van der Waals surface area contributed by atoms with Gasteiger partial charge < -0.3 is 15.1 Å². The first-order valence-corrected chi connectivity index (χ1v) is 11.1. The highest BCUT2D eigenvalue weighted by Crippen LogP contribution is 2.24. The van der Waals surface area contributed by atoms with E-state index in [1.807, 2.05) is 12.1 Å². The smallest absolute Gasteiger partial charge is 0.223 e. The molecule has 1 aromatic carbocycles. The van der Waals surface area contributed by atoms with Crippen LogP contribution in [-0.4, -0.2) is 37.5 Å². The predicted octanol–water partition coefficient (Wildman–Crippen LogP) is 4.26. The van der Waals surface area contributed by atoms with Crippen molar-refractivity contribution in [2.24, 2.45) is 0 Å². The third kappa shape index (κ3) is 5.98. The summed E-state index contributed by atoms with van der Waals surface area (Å²) in [5.74, 6) is 0.0380. The molecule has 1 N–H and O–H groups in total. The van der Waals surface area contributed by atoms with Crippen molar-refractivity contribution in [2.75, 3.05) is 29.4 Å². The van der Waals surface area contributed by atoms with Gasteiger partial charge in [0, 0.05) is 50.4 Å². The number of anilines is 2. The summed E-state index contributed by atoms with van der Waals surface area (Å²) in [6.07, 6.45) is 11.3. The quantitative estimate of drug-likeness (QED) is 0.745. The second-order valence-corrected chi connectivity index (χ2v) is 8.24. The van der Waals surface area contributed by atoms with Crippen LogP contribution in [0.15, 0.2) is 24.3 Å². The van der Waals surface area contributed by atoms with Crippen molar-refractivity contribution in [2.45, 2.75) is 77.2 Å². The van der Waals surface area contributed by atoms with Crippen LogP contribution in [0.3, 0.4) is 0 Å². The van der Waals surface area contributed by atoms with Crippen LogP contribution < -0.4 is 15.1 Å². The number of hydrogen-bond acceptors (Lipinski definition) is 3. The lowest BCUT2D eigenvalue weighted by Gasteiger charge is -2.29. The zero-order chi connectivity index (χ0) is 19.8. The molecule has 1 saturated carbocycles. The van der Waals surface area contributed by atoms with Gasteiger partial charge in [0.25, 0.3) is 0 Å². The van der Waals surface area contributed by atoms with E-state index in [9.17, 15) is 9.59 Å². The molecule has 1 aliphatic carbocycles. The van der Waals surface area contributed by atoms with E-state index in [1.54, 1.807) is 11.8 Å². The Kier molecular flexibility index (Phi) is 7.75. The Bertz CT molecular complexity index is 630. The number of nitrogens with one attached hydrogen (secondary N) is 1. The minimum absolute atomic E-state index is 0.0204. The van der Waals surface area contributed by atoms with Crippen molar-refractivity contribution < 1.29 is 9.59 Å². The summed E-state index contributed by atoms with van der Waals surface area (Å²) in [6, 6.07) is 8.53. The normalized spacial score (nSPS) is 18.4. The van der Waals surface area contributed by atoms with E-state index in [1.165, 1.54) is 50.6 Å². The van der Waals surface area contributed by atoms with Crippen LogP contribution in [0.2, 0.25) is 0 Å². The molecule has 0 atom stereocenters. The lowest BCUT2D eigenvalue weighted by atomic mass is 10.1. The average molecular weight is 386 g/mol. The standard InChI is InChI=1S/C23H35N3O2/c1-19(27)26(18-15-23(28)24-20-9-5-2-3-6-10-20)22-13-11-21(12-14-22)25-16-7-4-8-17-25/h11-14,20H,2-10,15-18H2,1H3,(H,24,28). The lowest BCUT2D eigenvalue weighted by molar-refractivity contribution is -0.121. The van der Waals surface area contributed by atoms with Gasteiger partial charge in [-0.2, -0.15) is 0 Å². The molecule has 0 unspecified atom stereocenters. The number of nitrogens with zero attached hydrogens (tertiary/aromatic N) is 2. The summed E-state index contributed by atoms with van der Waals surface area (Å²) in [7, 11) is 0. The number of benzene rings is 1. The molecule has 2 amide bonds. The first-order chi connectivity index (χ1) is 13.6. The molecule has 0 radical (unpaired) electrons. The van der Waals surface area contributed by atoms with Crippen LogP contribution in [-0.2, 0) is 9.59 Å². The van der Waals surface area contributed by atoms with Gasteiger partial charge in [-0.05, 0) is 56.4 Å². The summed E-state index contributed by atoms with van der Waals surface area (Å²) in [5, 5.41) is 3.17. The largest absolute Gasteiger partial charge is 0.372 e. The molecule has 0 spiro atoms. The highest BCUT2D eigenvalue weighted by Gasteiger charge is 2.18. The summed E-state index contributed by atoms with van der Waals surface area (Å²) in [4.78, 5) is 28.7. The number of amides is 2. The summed E-state index contributed by atoms with van der Waals surface area (Å²) in [6.45, 7) is 4.22. The van der Waals surface area contributed by atoms with Crippen molar-refractivity contribution in [3.8, 4) is 0 Å². The van der Waals surface area contributed by atoms with Crippen molar-refractivity contribution in [3.05, 3.63) is 24.3 Å². The fraction of sp³-hybridized carbons (Fsp3) is 0.652. The van der Waals surface area contributed by atoms with Crippen molar-refractivity contribution in [3.63, 3.8) is 0 Å². The highest BCUT2D eigenvalue weighted by atomic mass is 16.2. The molecule has 0 bridgehead atoms. The van der Waals surface area contributed by atoms with Gasteiger partial charge in [0.15, 0.2) is 0 Å². The molecular weight excluding hydrogens is 350 g/mol. The van der Waals surface area contributed by atoms with E-state index < -0.39 is 0 Å². The molecule has 28 heavy (non-hydrogen) atoms. The maximum Gasteiger partial charge on any atom is 0.223 e. The van der Waals surface area contributed by atoms with E-state index in [0.717, 1.165) is 31.6 Å². The van der Waals surface area contributed by atoms with Gasteiger partial charge in [0.1, 0.15) is 0 Å². The Labute approximate surface area is 169 Å². The van der Waals surface area contributed by atoms with Gasteiger partial charge in [-0.3, -0.25) is 9.59 Å². The number of hydrogen-bond donors (Lipinski definition) is 1. The Morgan fingerprint density at radius 3 is 2.18 bits per heavy atom. The van der Waals surface area contributed by atoms with Gasteiger partial charge >= 0.3 is 0 Å². The summed E-state index contributed by atoms with van der Waals surface area (Å²) >= 11 is 0. The second-order valence-electron chi connectivity index (χ2n) is 8.24. The maximum absolute atomic E-state index is 12.4. The van der Waals surface area contributed by atoms with Crippen molar-refractivity contribution >= 4 is 23.2 Å². The lowest BCUT2D eigenvalue weighted by Crippen LogP contribution is -2.38. The zero-order valence-electron chi connectivity index (χ0n) is 17.3. The van der Waals surface area contributed by atoms with Crippen molar-refractivity contribution in [1.82, 2.24) is 5.32 Å². The SMILES string of the molecule is CC(=O)N(CCC(=O)NC1CCCCCC1)c1ccc(N2CCCCC2)cc1. The minimum atomic E-state index is -0.0204. The van der Waals surface area contributed by atoms with Gasteiger partial charge in [0.2, 0.25) is 11.8 Å². The van der Waals surface area contributed by atoms with Crippen molar-refractivity contribution in [1.29, 1.82) is 0 Å². The molecule has 154 valence electrons. The number of carbonyl (C=O) groups is 2. The second kappa shape index (κ2) is 10.5. The maximum atomic E-state index is 12.4. The first-order valence-electron chi connectivity index (χ1n) is 11.1. The van der Waals surface area contributed by atoms with E-state index in [4.69, 9.17) is 0 Å². The van der Waals surface area contributed by atoms with E-state index >= 15 is 0 Å². The third-order valence-electron chi connectivity index (χ3n) is 6.05. The molecule has 1 aromatic rings. The molecule has 1 saturated heterocycles. The Balaban J connectivity index is 1.53. The molecule has 3 rings (SSSR count). The van der Waals surface area contributed by atoms with Crippen LogP contribution in [0, 0.1) is 0 Å². The van der Waals surface area contributed by atoms with E-state index in [2.05, 4.69) is 22.3 Å². The van der Waals surface area contributed by atoms with Crippen LogP contribution in [0.4, 0.5) is 11.4 Å². The van der Waals surface area contributed by atoms with E-state index in [0.29, 0.717) is 19.0 Å². The first kappa shape index (κ1) is 20.7. The van der Waals surface area contributed by atoms with Crippen LogP contribution in [0.5, 0.6) is 0 Å². The molecule has 2 fully saturated rings. The van der Waals surface area contributed by atoms with Gasteiger partial charge in [-0.25, -0.2) is 0 Å². The molecule has 0 aromatic heterocycles. The topological polar surface area (TPSA) is 52.7 Å². The van der Waals surface area contributed by atoms with Gasteiger partial charge in [-0.15, -0.1) is 0 Å². The number of carbonyl (C=O) groups excluding carboxylic acids is 2. The van der Waals surface area contributed by atoms with Crippen LogP contribution >= 0.6 is 0 Å². The highest BCUT2D eigenvalue weighted by molar-refractivity contribution is 5.92. The molecule has 1 heterocycles. The van der Waals surface area contributed by atoms with Crippen LogP contribution in [0.1, 0.15) is 71.1 Å².